The number of carboxylic acids is 1. The summed E-state index contributed by atoms with van der Waals surface area (Å²) in [5.74, 6) is -0.739. The molecule has 2 N–H and O–H groups in total. The van der Waals surface area contributed by atoms with Gasteiger partial charge in [-0.1, -0.05) is 0 Å². The van der Waals surface area contributed by atoms with Crippen LogP contribution in [-0.4, -0.2) is 23.2 Å². The number of aliphatic carboxylic acids is 1. The molecule has 0 heterocycles. The van der Waals surface area contributed by atoms with Crippen molar-refractivity contribution in [1.82, 2.24) is 5.48 Å². The van der Waals surface area contributed by atoms with Gasteiger partial charge >= 0.3 is 5.97 Å². The van der Waals surface area contributed by atoms with Gasteiger partial charge in [0.1, 0.15) is 0 Å². The van der Waals surface area contributed by atoms with Gasteiger partial charge in [-0.15, -0.1) is 0 Å². The first kappa shape index (κ1) is 12.4. The summed E-state index contributed by atoms with van der Waals surface area (Å²) in [6.07, 6.45) is 1.75. The zero-order valence-electron chi connectivity index (χ0n) is 8.59. The van der Waals surface area contributed by atoms with E-state index in [4.69, 9.17) is 9.94 Å². The van der Waals surface area contributed by atoms with Crippen LogP contribution in [0, 0.1) is 0 Å². The average molecular weight is 189 g/mol. The fourth-order valence-corrected chi connectivity index (χ4v) is 0.741. The minimum Gasteiger partial charge on any atom is -0.481 e. The van der Waals surface area contributed by atoms with Crippen molar-refractivity contribution in [3.05, 3.63) is 0 Å². The zero-order valence-corrected chi connectivity index (χ0v) is 8.59. The van der Waals surface area contributed by atoms with Crippen molar-refractivity contribution in [2.75, 3.05) is 6.54 Å². The number of unbranched alkanes of at least 4 members (excludes halogenated alkanes) is 1. The van der Waals surface area contributed by atoms with E-state index in [2.05, 4.69) is 5.48 Å². The molecule has 0 amide bonds. The SMILES string of the molecule is CC(C)(C)ONCCCCC(=O)O. The van der Waals surface area contributed by atoms with Gasteiger partial charge in [0.25, 0.3) is 0 Å². The van der Waals surface area contributed by atoms with Crippen LogP contribution in [0.15, 0.2) is 0 Å². The van der Waals surface area contributed by atoms with Gasteiger partial charge in [-0.05, 0) is 33.6 Å². The van der Waals surface area contributed by atoms with Gasteiger partial charge in [0.2, 0.25) is 0 Å². The molecule has 0 aliphatic heterocycles. The molecule has 0 aromatic rings. The third kappa shape index (κ3) is 11.4. The minimum atomic E-state index is -0.739. The summed E-state index contributed by atoms with van der Waals surface area (Å²) in [6.45, 7) is 6.57. The molecule has 0 bridgehead atoms. The van der Waals surface area contributed by atoms with Crippen molar-refractivity contribution < 1.29 is 14.7 Å². The molecule has 4 nitrogen and oxygen atoms in total. The van der Waals surface area contributed by atoms with E-state index < -0.39 is 5.97 Å². The molecule has 0 fully saturated rings. The summed E-state index contributed by atoms with van der Waals surface area (Å²) in [4.78, 5) is 15.4. The zero-order chi connectivity index (χ0) is 10.3. The van der Waals surface area contributed by atoms with Gasteiger partial charge in [-0.25, -0.2) is 5.48 Å². The van der Waals surface area contributed by atoms with Crippen LogP contribution < -0.4 is 5.48 Å². The van der Waals surface area contributed by atoms with Crippen molar-refractivity contribution in [2.45, 2.75) is 45.6 Å². The van der Waals surface area contributed by atoms with Crippen LogP contribution in [-0.2, 0) is 9.63 Å². The second-order valence-corrected chi connectivity index (χ2v) is 3.96. The first-order valence-corrected chi connectivity index (χ1v) is 4.54. The topological polar surface area (TPSA) is 58.6 Å². The van der Waals surface area contributed by atoms with Crippen molar-refractivity contribution >= 4 is 5.97 Å². The average Bonchev–Trinajstić information content (AvgIpc) is 1.93. The highest BCUT2D eigenvalue weighted by molar-refractivity contribution is 5.66. The first-order chi connectivity index (χ1) is 5.92. The Bertz CT molecular complexity index is 151. The highest BCUT2D eigenvalue weighted by Crippen LogP contribution is 2.03. The normalized spacial score (nSPS) is 11.6. The summed E-state index contributed by atoms with van der Waals surface area (Å²) in [6, 6.07) is 0. The molecule has 0 unspecified atom stereocenters. The molecule has 0 aromatic heterocycles. The lowest BCUT2D eigenvalue weighted by Crippen LogP contribution is -2.29. The van der Waals surface area contributed by atoms with E-state index >= 15 is 0 Å². The van der Waals surface area contributed by atoms with Crippen LogP contribution in [0.3, 0.4) is 0 Å². The lowest BCUT2D eigenvalue weighted by atomic mass is 10.2. The number of carboxylic acid groups (broad SMARTS) is 1. The lowest BCUT2D eigenvalue weighted by Gasteiger charge is -2.19. The standard InChI is InChI=1S/C9H19NO3/c1-9(2,3)13-10-7-5-4-6-8(11)12/h10H,4-7H2,1-3H3,(H,11,12). The molecule has 0 aliphatic rings. The molecular weight excluding hydrogens is 170 g/mol. The fourth-order valence-electron chi connectivity index (χ4n) is 0.741. The number of hydrogen-bond acceptors (Lipinski definition) is 3. The molecule has 0 saturated carbocycles. The summed E-state index contributed by atoms with van der Waals surface area (Å²) in [5.41, 5.74) is 2.62. The molecule has 0 spiro atoms. The van der Waals surface area contributed by atoms with E-state index in [9.17, 15) is 4.79 Å². The molecule has 0 saturated heterocycles. The van der Waals surface area contributed by atoms with E-state index in [1.165, 1.54) is 0 Å². The Morgan fingerprint density at radius 2 is 2.00 bits per heavy atom. The molecule has 4 heteroatoms. The Labute approximate surface area is 79.2 Å². The molecule has 0 rings (SSSR count). The molecule has 0 aromatic carbocycles. The lowest BCUT2D eigenvalue weighted by molar-refractivity contribution is -0.137. The van der Waals surface area contributed by atoms with Crippen LogP contribution in [0.4, 0.5) is 0 Å². The van der Waals surface area contributed by atoms with Crippen molar-refractivity contribution in [1.29, 1.82) is 0 Å². The second kappa shape index (κ2) is 5.94. The monoisotopic (exact) mass is 189 g/mol. The number of nitrogens with one attached hydrogen (secondary N) is 1. The first-order valence-electron chi connectivity index (χ1n) is 4.54. The van der Waals surface area contributed by atoms with E-state index in [0.717, 1.165) is 6.42 Å². The molecule has 0 radical (unpaired) electrons. The summed E-state index contributed by atoms with van der Waals surface area (Å²) < 4.78 is 0. The highest BCUT2D eigenvalue weighted by Gasteiger charge is 2.09. The Balaban J connectivity index is 3.13. The van der Waals surface area contributed by atoms with Crippen molar-refractivity contribution in [3.63, 3.8) is 0 Å². The van der Waals surface area contributed by atoms with E-state index in [1.807, 2.05) is 20.8 Å². The number of hydrogen-bond donors (Lipinski definition) is 2. The number of hydroxylamine groups is 1. The van der Waals surface area contributed by atoms with Gasteiger partial charge in [-0.3, -0.25) is 9.63 Å². The largest absolute Gasteiger partial charge is 0.481 e. The Morgan fingerprint density at radius 1 is 1.38 bits per heavy atom. The quantitative estimate of drug-likeness (QED) is 0.492. The molecule has 78 valence electrons. The number of carbonyl (C=O) groups is 1. The van der Waals surface area contributed by atoms with Gasteiger partial charge in [0, 0.05) is 13.0 Å². The third-order valence-electron chi connectivity index (χ3n) is 1.30. The smallest absolute Gasteiger partial charge is 0.303 e. The maximum absolute atomic E-state index is 10.1. The Morgan fingerprint density at radius 3 is 2.46 bits per heavy atom. The maximum Gasteiger partial charge on any atom is 0.303 e. The Hall–Kier alpha value is -0.610. The van der Waals surface area contributed by atoms with Gasteiger partial charge in [0.15, 0.2) is 0 Å². The van der Waals surface area contributed by atoms with Crippen molar-refractivity contribution in [2.24, 2.45) is 0 Å². The summed E-state index contributed by atoms with van der Waals surface area (Å²) in [7, 11) is 0. The van der Waals surface area contributed by atoms with Crippen LogP contribution in [0.25, 0.3) is 0 Å². The minimum absolute atomic E-state index is 0.188. The van der Waals surface area contributed by atoms with Crippen LogP contribution in [0.2, 0.25) is 0 Å². The van der Waals surface area contributed by atoms with E-state index in [1.54, 1.807) is 0 Å². The van der Waals surface area contributed by atoms with Gasteiger partial charge in [-0.2, -0.15) is 0 Å². The van der Waals surface area contributed by atoms with Gasteiger partial charge in [0.05, 0.1) is 5.60 Å². The molecular formula is C9H19NO3. The molecule has 0 aliphatic carbocycles. The predicted octanol–water partition coefficient (Wildman–Crippen LogP) is 1.56. The summed E-state index contributed by atoms with van der Waals surface area (Å²) in [5, 5.41) is 8.35. The highest BCUT2D eigenvalue weighted by atomic mass is 16.7. The number of rotatable bonds is 6. The van der Waals surface area contributed by atoms with Crippen LogP contribution in [0.5, 0.6) is 0 Å². The molecule has 13 heavy (non-hydrogen) atoms. The summed E-state index contributed by atoms with van der Waals surface area (Å²) >= 11 is 0. The van der Waals surface area contributed by atoms with Crippen LogP contribution in [0.1, 0.15) is 40.0 Å². The van der Waals surface area contributed by atoms with Crippen molar-refractivity contribution in [3.8, 4) is 0 Å². The van der Waals surface area contributed by atoms with Gasteiger partial charge < -0.3 is 5.11 Å². The van der Waals surface area contributed by atoms with E-state index in [0.29, 0.717) is 13.0 Å². The molecule has 0 atom stereocenters. The van der Waals surface area contributed by atoms with E-state index in [-0.39, 0.29) is 12.0 Å². The maximum atomic E-state index is 10.1. The van der Waals surface area contributed by atoms with Crippen LogP contribution >= 0.6 is 0 Å². The third-order valence-corrected chi connectivity index (χ3v) is 1.30. The predicted molar refractivity (Wildman–Crippen MR) is 50.3 cm³/mol. The fraction of sp³-hybridized carbons (Fsp3) is 0.889. The second-order valence-electron chi connectivity index (χ2n) is 3.96. The Kier molecular flexibility index (Phi) is 5.66.